The van der Waals surface area contributed by atoms with Gasteiger partial charge in [-0.2, -0.15) is 0 Å². The van der Waals surface area contributed by atoms with Crippen molar-refractivity contribution < 1.29 is 16.0 Å². The molecule has 5 aliphatic rings. The fraction of sp³-hybridized carbons (Fsp3) is 0.356. The second-order valence-electron chi connectivity index (χ2n) is 21.6. The molecule has 0 N–H and O–H groups in total. The number of benzene rings is 6. The van der Waals surface area contributed by atoms with Crippen LogP contribution in [0.5, 0.6) is 5.75 Å². The fourth-order valence-corrected chi connectivity index (χ4v) is 13.0. The molecule has 3 aliphatic heterocycles. The molecule has 4 heterocycles. The predicted octanol–water partition coefficient (Wildman–Crippen LogP) is 14.0. The summed E-state index contributed by atoms with van der Waals surface area (Å²) >= 11 is 0. The van der Waals surface area contributed by atoms with E-state index in [-0.39, 0.29) is 53.3 Å². The van der Waals surface area contributed by atoms with Crippen molar-refractivity contribution in [3.63, 3.8) is 0 Å². The van der Waals surface area contributed by atoms with Gasteiger partial charge < -0.3 is 14.1 Å². The molecule has 1 saturated carbocycles. The largest absolute Gasteiger partial charge is 0.481 e. The minimum Gasteiger partial charge on any atom is -0.481 e. The summed E-state index contributed by atoms with van der Waals surface area (Å²) in [5, 5.41) is 1.12. The summed E-state index contributed by atoms with van der Waals surface area (Å²) in [6.45, 7) is 22.5. The molecule has 0 saturated heterocycles. The summed E-state index contributed by atoms with van der Waals surface area (Å²) in [6.07, 6.45) is 5.17. The number of nitrogens with zero attached hydrogens (tertiary/aromatic N) is 2. The van der Waals surface area contributed by atoms with Crippen molar-refractivity contribution in [3.05, 3.63) is 154 Å². The van der Waals surface area contributed by atoms with Gasteiger partial charge in [0.2, 0.25) is 5.88 Å². The lowest BCUT2D eigenvalue weighted by molar-refractivity contribution is -0.0151. The lowest BCUT2D eigenvalue weighted by Crippen LogP contribution is -2.61. The van der Waals surface area contributed by atoms with Gasteiger partial charge in [-0.25, -0.2) is 0 Å². The van der Waals surface area contributed by atoms with E-state index in [0.717, 1.165) is 111 Å². The number of rotatable bonds is 4. The van der Waals surface area contributed by atoms with E-state index in [1.54, 1.807) is 0 Å². The smallest absolute Gasteiger partial charge is 0.257 e. The van der Waals surface area contributed by atoms with Crippen LogP contribution in [0.3, 0.4) is 0 Å². The predicted molar refractivity (Wildman–Crippen MR) is 268 cm³/mol. The molecule has 64 heavy (non-hydrogen) atoms. The van der Waals surface area contributed by atoms with E-state index in [1.807, 2.05) is 0 Å². The van der Waals surface area contributed by atoms with Crippen molar-refractivity contribution >= 4 is 68.4 Å². The van der Waals surface area contributed by atoms with Gasteiger partial charge in [0.1, 0.15) is 16.9 Å². The zero-order chi connectivity index (χ0) is 48.6. The van der Waals surface area contributed by atoms with E-state index in [1.165, 1.54) is 22.2 Å². The maximum absolute atomic E-state index is 9.38. The Bertz CT molecular complexity index is 3340. The Hall–Kier alpha value is -5.68. The molecule has 0 bridgehead atoms. The Balaban J connectivity index is 1.21. The van der Waals surface area contributed by atoms with Crippen LogP contribution in [0.25, 0.3) is 11.0 Å². The normalized spacial score (nSPS) is 23.2. The van der Waals surface area contributed by atoms with Gasteiger partial charge in [-0.05, 0) is 150 Å². The van der Waals surface area contributed by atoms with Gasteiger partial charge in [0.15, 0.2) is 0 Å². The van der Waals surface area contributed by atoms with Crippen LogP contribution in [-0.2, 0) is 21.8 Å². The van der Waals surface area contributed by atoms with Crippen LogP contribution in [0.1, 0.15) is 144 Å². The van der Waals surface area contributed by atoms with Gasteiger partial charge in [0.05, 0.1) is 12.5 Å². The Morgan fingerprint density at radius 2 is 1.38 bits per heavy atom. The zero-order valence-electron chi connectivity index (χ0n) is 44.1. The van der Waals surface area contributed by atoms with Crippen LogP contribution >= 0.6 is 0 Å². The first-order valence-electron chi connectivity index (χ1n) is 26.2. The van der Waals surface area contributed by atoms with Crippen molar-refractivity contribution in [2.24, 2.45) is 0 Å². The SMILES string of the molecule is [2H]c1c([2H])c([2H])c(C23CCCCC2(C)c2cc4c(cc2O3)B2c3c(cc(C)cc3N4c3c(C)cccc3C)N(c3ccc(C(C)C)cc3)c3oc4c5c(ccc4c32)C(C)(C)CCC5(C)C)c([2H])c1[2H]. The summed E-state index contributed by atoms with van der Waals surface area (Å²) in [5.74, 6) is 1.92. The first-order chi connectivity index (χ1) is 32.7. The van der Waals surface area contributed by atoms with Gasteiger partial charge in [-0.15, -0.1) is 0 Å². The first kappa shape index (κ1) is 34.7. The molecule has 12 rings (SSSR count). The monoisotopic (exact) mass is 846 g/mol. The van der Waals surface area contributed by atoms with E-state index < -0.39 is 11.0 Å². The molecule has 0 spiro atoms. The summed E-state index contributed by atoms with van der Waals surface area (Å²) < 4.78 is 60.1. The molecular formula is C59H61BN2O2. The van der Waals surface area contributed by atoms with Crippen molar-refractivity contribution in [3.8, 4) is 5.75 Å². The molecule has 6 aromatic carbocycles. The summed E-state index contributed by atoms with van der Waals surface area (Å²) in [5.41, 5.74) is 16.4. The van der Waals surface area contributed by atoms with Crippen LogP contribution < -0.4 is 30.9 Å². The highest BCUT2D eigenvalue weighted by atomic mass is 16.5. The van der Waals surface area contributed by atoms with Crippen LogP contribution in [0.4, 0.5) is 34.3 Å². The number of aryl methyl sites for hydroxylation is 3. The van der Waals surface area contributed by atoms with Gasteiger partial charge in [-0.3, -0.25) is 4.90 Å². The number of furan rings is 1. The molecule has 1 fully saturated rings. The third kappa shape index (κ3) is 5.24. The van der Waals surface area contributed by atoms with Crippen molar-refractivity contribution in [1.82, 2.24) is 0 Å². The Morgan fingerprint density at radius 3 is 2.09 bits per heavy atom. The number of anilines is 6. The molecule has 322 valence electrons. The number of hydrogen-bond donors (Lipinski definition) is 0. The maximum Gasteiger partial charge on any atom is 0.257 e. The highest BCUT2D eigenvalue weighted by Gasteiger charge is 2.60. The lowest BCUT2D eigenvalue weighted by atomic mass is 9.33. The molecule has 2 atom stereocenters. The molecule has 4 nitrogen and oxygen atoms in total. The van der Waals surface area contributed by atoms with E-state index in [9.17, 15) is 2.74 Å². The van der Waals surface area contributed by atoms with E-state index in [4.69, 9.17) is 13.3 Å². The molecule has 0 amide bonds. The fourth-order valence-electron chi connectivity index (χ4n) is 13.0. The standard InChI is InChI=1S/C59H61BN2O2/c1-35(2)39-21-23-41(24-22-39)61-47-31-36(3)32-48-52(47)60(51-42-25-26-43-50(54(42)63-55(51)61)57(8,9)30-29-56(43,6)7)45-34-49-44(33-46(45)62(48)53-37(4)17-16-18-38(53)5)58(10)27-14-15-28-59(58,64-49)40-19-12-11-13-20-40/h11-13,16-26,31-35H,14-15,27-30H2,1-10H3/i11D,12D,13D,19D,20D. The summed E-state index contributed by atoms with van der Waals surface area (Å²) in [6, 6.07) is 28.2. The average Bonchev–Trinajstić information content (AvgIpc) is 3.81. The molecule has 1 aromatic heterocycles. The lowest BCUT2D eigenvalue weighted by Gasteiger charge is -2.46. The van der Waals surface area contributed by atoms with Gasteiger partial charge >= 0.3 is 0 Å². The molecule has 5 heteroatoms. The number of hydrogen-bond acceptors (Lipinski definition) is 4. The third-order valence-electron chi connectivity index (χ3n) is 16.5. The van der Waals surface area contributed by atoms with E-state index in [0.29, 0.717) is 18.1 Å². The average molecular weight is 846 g/mol. The Morgan fingerprint density at radius 1 is 0.688 bits per heavy atom. The van der Waals surface area contributed by atoms with Crippen LogP contribution in [-0.4, -0.2) is 6.71 Å². The minimum absolute atomic E-state index is 0.0176. The summed E-state index contributed by atoms with van der Waals surface area (Å²) in [4.78, 5) is 4.88. The van der Waals surface area contributed by atoms with Gasteiger partial charge in [-0.1, -0.05) is 128 Å². The third-order valence-corrected chi connectivity index (χ3v) is 16.5. The molecule has 2 unspecified atom stereocenters. The number of fused-ring (bicyclic) bond motifs is 11. The molecule has 2 aliphatic carbocycles. The van der Waals surface area contributed by atoms with Crippen molar-refractivity contribution in [1.29, 1.82) is 0 Å². The minimum atomic E-state index is -1.18. The van der Waals surface area contributed by atoms with Crippen LogP contribution in [0.2, 0.25) is 0 Å². The Kier molecular flexibility index (Phi) is 7.29. The number of para-hydroxylation sites is 1. The van der Waals surface area contributed by atoms with E-state index >= 15 is 0 Å². The topological polar surface area (TPSA) is 28.9 Å². The van der Waals surface area contributed by atoms with Crippen LogP contribution in [0, 0.1) is 20.8 Å². The zero-order valence-corrected chi connectivity index (χ0v) is 39.1. The Labute approximate surface area is 387 Å². The molecule has 7 aromatic rings. The van der Waals surface area contributed by atoms with Crippen molar-refractivity contribution in [2.45, 2.75) is 136 Å². The van der Waals surface area contributed by atoms with Crippen molar-refractivity contribution in [2.75, 3.05) is 9.80 Å². The van der Waals surface area contributed by atoms with Gasteiger partial charge in [0, 0.05) is 50.1 Å². The second kappa shape index (κ2) is 13.4. The maximum atomic E-state index is 9.38. The highest BCUT2D eigenvalue weighted by molar-refractivity contribution is 7.01. The molecular weight excluding hydrogens is 779 g/mol. The van der Waals surface area contributed by atoms with Gasteiger partial charge in [0.25, 0.3) is 6.71 Å². The highest BCUT2D eigenvalue weighted by Crippen LogP contribution is 2.62. The first-order valence-corrected chi connectivity index (χ1v) is 23.7. The molecule has 0 radical (unpaired) electrons. The quantitative estimate of drug-likeness (QED) is 0.165. The second-order valence-corrected chi connectivity index (χ2v) is 21.6. The van der Waals surface area contributed by atoms with E-state index in [2.05, 4.69) is 158 Å². The van der Waals surface area contributed by atoms with Crippen LogP contribution in [0.15, 0.2) is 113 Å². The summed E-state index contributed by atoms with van der Waals surface area (Å²) in [7, 11) is 0. The number of ether oxygens (including phenoxy) is 1.